The van der Waals surface area contributed by atoms with Crippen molar-refractivity contribution in [2.24, 2.45) is 0 Å². The number of rotatable bonds is 3. The number of likely N-dealkylation sites (tertiary alicyclic amines) is 1. The summed E-state index contributed by atoms with van der Waals surface area (Å²) < 4.78 is 0. The Morgan fingerprint density at radius 2 is 2.00 bits per heavy atom. The van der Waals surface area contributed by atoms with E-state index in [0.29, 0.717) is 0 Å². The Labute approximate surface area is 166 Å². The number of hydrogen-bond donors (Lipinski definition) is 1. The topological polar surface area (TPSA) is 57.7 Å². The highest BCUT2D eigenvalue weighted by molar-refractivity contribution is 5.55. The molecule has 1 unspecified atom stereocenters. The van der Waals surface area contributed by atoms with E-state index in [9.17, 15) is 0 Å². The van der Waals surface area contributed by atoms with E-state index in [4.69, 9.17) is 4.98 Å². The minimum absolute atomic E-state index is 0.172. The molecule has 0 radical (unpaired) electrons. The number of aryl methyl sites for hydroxylation is 3. The van der Waals surface area contributed by atoms with Crippen molar-refractivity contribution >= 4 is 0 Å². The van der Waals surface area contributed by atoms with E-state index >= 15 is 0 Å². The van der Waals surface area contributed by atoms with Crippen LogP contribution in [0.1, 0.15) is 47.5 Å². The molecule has 5 rings (SSSR count). The molecule has 2 aromatic heterocycles. The lowest BCUT2D eigenvalue weighted by Gasteiger charge is -2.40. The van der Waals surface area contributed by atoms with E-state index in [1.165, 1.54) is 41.8 Å². The quantitative estimate of drug-likeness (QED) is 0.755. The largest absolute Gasteiger partial charge is 0.298 e. The number of aromatic nitrogens is 4. The second-order valence-electron chi connectivity index (χ2n) is 8.44. The zero-order chi connectivity index (χ0) is 19.1. The maximum Gasteiger partial charge on any atom is 0.159 e. The highest BCUT2D eigenvalue weighted by Crippen LogP contribution is 2.44. The maximum absolute atomic E-state index is 5.11. The number of H-pyrrole nitrogens is 1. The first-order chi connectivity index (χ1) is 13.6. The van der Waals surface area contributed by atoms with Crippen LogP contribution in [0, 0.1) is 13.8 Å². The second-order valence-corrected chi connectivity index (χ2v) is 8.44. The molecule has 1 aliphatic carbocycles. The van der Waals surface area contributed by atoms with Crippen LogP contribution in [0.2, 0.25) is 0 Å². The van der Waals surface area contributed by atoms with Crippen LogP contribution in [0.5, 0.6) is 0 Å². The summed E-state index contributed by atoms with van der Waals surface area (Å²) in [6.07, 6.45) is 6.81. The molecule has 0 amide bonds. The molecule has 1 fully saturated rings. The van der Waals surface area contributed by atoms with Gasteiger partial charge in [-0.2, -0.15) is 5.10 Å². The molecule has 144 valence electrons. The Balaban J connectivity index is 1.45. The standard InChI is InChI=1S/C23H27N5/c1-16-20(17(2)27-26-16)14-28-12-6-10-23(15-28)11-9-19-13-24-22(25-21(19)23)18-7-4-3-5-8-18/h3-5,7-8,13H,6,9-12,14-15H2,1-2H3,(H,26,27). The fourth-order valence-electron chi connectivity index (χ4n) is 5.06. The third-order valence-electron chi connectivity index (χ3n) is 6.59. The Hall–Kier alpha value is -2.53. The van der Waals surface area contributed by atoms with Crippen LogP contribution in [0.15, 0.2) is 36.5 Å². The zero-order valence-electron chi connectivity index (χ0n) is 16.7. The van der Waals surface area contributed by atoms with Gasteiger partial charge in [-0.3, -0.25) is 10.00 Å². The number of piperidine rings is 1. The number of benzene rings is 1. The molecule has 1 atom stereocenters. The molecular formula is C23H27N5. The van der Waals surface area contributed by atoms with E-state index in [1.807, 2.05) is 6.07 Å². The van der Waals surface area contributed by atoms with Crippen molar-refractivity contribution in [3.63, 3.8) is 0 Å². The molecule has 5 nitrogen and oxygen atoms in total. The summed E-state index contributed by atoms with van der Waals surface area (Å²) in [6.45, 7) is 7.43. The summed E-state index contributed by atoms with van der Waals surface area (Å²) in [6, 6.07) is 10.3. The van der Waals surface area contributed by atoms with E-state index in [2.05, 4.69) is 64.4 Å². The molecular weight excluding hydrogens is 346 g/mol. The van der Waals surface area contributed by atoms with Gasteiger partial charge in [0.25, 0.3) is 0 Å². The fraction of sp³-hybridized carbons (Fsp3) is 0.435. The van der Waals surface area contributed by atoms with Crippen molar-refractivity contribution in [1.82, 2.24) is 25.1 Å². The summed E-state index contributed by atoms with van der Waals surface area (Å²) >= 11 is 0. The predicted molar refractivity (Wildman–Crippen MR) is 110 cm³/mol. The molecule has 1 N–H and O–H groups in total. The van der Waals surface area contributed by atoms with Gasteiger partial charge in [0.2, 0.25) is 0 Å². The minimum Gasteiger partial charge on any atom is -0.298 e. The van der Waals surface area contributed by atoms with Crippen LogP contribution in [-0.4, -0.2) is 38.2 Å². The van der Waals surface area contributed by atoms with Gasteiger partial charge in [-0.05, 0) is 51.6 Å². The molecule has 1 spiro atoms. The fourth-order valence-corrected chi connectivity index (χ4v) is 5.06. The molecule has 1 aromatic carbocycles. The monoisotopic (exact) mass is 373 g/mol. The lowest BCUT2D eigenvalue weighted by atomic mass is 9.77. The average Bonchev–Trinajstić information content (AvgIpc) is 3.23. The molecule has 0 bridgehead atoms. The molecule has 1 saturated heterocycles. The Morgan fingerprint density at radius 1 is 1.14 bits per heavy atom. The third-order valence-corrected chi connectivity index (χ3v) is 6.59. The number of nitrogens with zero attached hydrogens (tertiary/aromatic N) is 4. The van der Waals surface area contributed by atoms with Gasteiger partial charge in [0.1, 0.15) is 0 Å². The highest BCUT2D eigenvalue weighted by atomic mass is 15.2. The van der Waals surface area contributed by atoms with Crippen LogP contribution < -0.4 is 0 Å². The van der Waals surface area contributed by atoms with E-state index in [1.54, 1.807) is 0 Å². The van der Waals surface area contributed by atoms with Crippen molar-refractivity contribution in [1.29, 1.82) is 0 Å². The summed E-state index contributed by atoms with van der Waals surface area (Å²) in [4.78, 5) is 12.4. The molecule has 5 heteroatoms. The SMILES string of the molecule is Cc1n[nH]c(C)c1CN1CCCC2(CCc3cnc(-c4ccccc4)nc32)C1. The van der Waals surface area contributed by atoms with Crippen LogP contribution >= 0.6 is 0 Å². The normalized spacial score (nSPS) is 21.9. The summed E-state index contributed by atoms with van der Waals surface area (Å²) in [5, 5.41) is 7.51. The van der Waals surface area contributed by atoms with Gasteiger partial charge in [0.15, 0.2) is 5.82 Å². The Bertz CT molecular complexity index is 970. The average molecular weight is 374 g/mol. The van der Waals surface area contributed by atoms with Gasteiger partial charge in [-0.15, -0.1) is 0 Å². The van der Waals surface area contributed by atoms with E-state index < -0.39 is 0 Å². The maximum atomic E-state index is 5.11. The molecule has 3 aromatic rings. The lowest BCUT2D eigenvalue weighted by molar-refractivity contribution is 0.136. The minimum atomic E-state index is 0.172. The lowest BCUT2D eigenvalue weighted by Crippen LogP contribution is -2.45. The smallest absolute Gasteiger partial charge is 0.159 e. The van der Waals surface area contributed by atoms with Gasteiger partial charge in [-0.25, -0.2) is 9.97 Å². The first-order valence-electron chi connectivity index (χ1n) is 10.3. The summed E-state index contributed by atoms with van der Waals surface area (Å²) in [7, 11) is 0. The van der Waals surface area contributed by atoms with Gasteiger partial charge < -0.3 is 0 Å². The van der Waals surface area contributed by atoms with Crippen LogP contribution in [0.25, 0.3) is 11.4 Å². The Morgan fingerprint density at radius 3 is 2.79 bits per heavy atom. The van der Waals surface area contributed by atoms with Gasteiger partial charge in [-0.1, -0.05) is 30.3 Å². The van der Waals surface area contributed by atoms with Crippen LogP contribution in [0.3, 0.4) is 0 Å². The van der Waals surface area contributed by atoms with E-state index in [-0.39, 0.29) is 5.41 Å². The first kappa shape index (κ1) is 17.6. The molecule has 0 saturated carbocycles. The number of hydrogen-bond acceptors (Lipinski definition) is 4. The van der Waals surface area contributed by atoms with Gasteiger partial charge >= 0.3 is 0 Å². The third kappa shape index (κ3) is 2.94. The predicted octanol–water partition coefficient (Wildman–Crippen LogP) is 3.96. The Kier molecular flexibility index (Phi) is 4.27. The van der Waals surface area contributed by atoms with Crippen molar-refractivity contribution in [3.8, 4) is 11.4 Å². The number of nitrogens with one attached hydrogen (secondary N) is 1. The molecule has 1 aliphatic heterocycles. The molecule has 28 heavy (non-hydrogen) atoms. The van der Waals surface area contributed by atoms with Crippen LogP contribution in [0.4, 0.5) is 0 Å². The van der Waals surface area contributed by atoms with Crippen molar-refractivity contribution < 1.29 is 0 Å². The summed E-state index contributed by atoms with van der Waals surface area (Å²) in [5.74, 6) is 0.860. The first-order valence-corrected chi connectivity index (χ1v) is 10.3. The van der Waals surface area contributed by atoms with Crippen molar-refractivity contribution in [3.05, 3.63) is 64.7 Å². The van der Waals surface area contributed by atoms with Crippen molar-refractivity contribution in [2.75, 3.05) is 13.1 Å². The highest BCUT2D eigenvalue weighted by Gasteiger charge is 2.43. The zero-order valence-corrected chi connectivity index (χ0v) is 16.7. The number of fused-ring (bicyclic) bond motifs is 2. The van der Waals surface area contributed by atoms with Crippen molar-refractivity contribution in [2.45, 2.75) is 51.5 Å². The second kappa shape index (κ2) is 6.82. The summed E-state index contributed by atoms with van der Waals surface area (Å²) in [5.41, 5.74) is 7.58. The van der Waals surface area contributed by atoms with Gasteiger partial charge in [0, 0.05) is 41.5 Å². The van der Waals surface area contributed by atoms with E-state index in [0.717, 1.165) is 43.1 Å². The molecule has 3 heterocycles. The number of aromatic amines is 1. The van der Waals surface area contributed by atoms with Gasteiger partial charge in [0.05, 0.1) is 11.4 Å². The molecule has 2 aliphatic rings. The van der Waals surface area contributed by atoms with Crippen LogP contribution in [-0.2, 0) is 18.4 Å².